The van der Waals surface area contributed by atoms with Gasteiger partial charge >= 0.3 is 5.69 Å². The molecule has 0 radical (unpaired) electrons. The molecule has 0 unspecified atom stereocenters. The predicted octanol–water partition coefficient (Wildman–Crippen LogP) is 2.95. The summed E-state index contributed by atoms with van der Waals surface area (Å²) in [5.74, 6) is 0.756. The first-order valence-corrected chi connectivity index (χ1v) is 6.84. The smallest absolute Gasteiger partial charge is 0.304 e. The maximum atomic E-state index is 12.2. The molecule has 1 saturated carbocycles. The fourth-order valence-electron chi connectivity index (χ4n) is 3.11. The average molecular weight is 255 g/mol. The molecular weight excluding hydrogens is 238 g/mol. The van der Waals surface area contributed by atoms with E-state index in [0.717, 1.165) is 24.3 Å². The van der Waals surface area contributed by atoms with Gasteiger partial charge in [-0.05, 0) is 43.7 Å². The molecule has 0 atom stereocenters. The van der Waals surface area contributed by atoms with E-state index in [4.69, 9.17) is 5.26 Å². The Kier molecular flexibility index (Phi) is 2.90. The molecule has 1 aromatic heterocycles. The van der Waals surface area contributed by atoms with Crippen molar-refractivity contribution in [2.24, 2.45) is 5.92 Å². The largest absolute Gasteiger partial charge is 0.326 e. The second kappa shape index (κ2) is 4.58. The van der Waals surface area contributed by atoms with Gasteiger partial charge in [0, 0.05) is 6.04 Å². The van der Waals surface area contributed by atoms with Gasteiger partial charge in [0.1, 0.15) is 6.07 Å². The number of fused-ring (bicyclic) bond motifs is 1. The summed E-state index contributed by atoms with van der Waals surface area (Å²) in [5, 5.41) is 9.10. The van der Waals surface area contributed by atoms with E-state index in [1.807, 2.05) is 16.7 Å². The highest BCUT2D eigenvalue weighted by Crippen LogP contribution is 2.32. The number of para-hydroxylation sites is 1. The molecule has 4 heteroatoms. The van der Waals surface area contributed by atoms with Gasteiger partial charge in [-0.15, -0.1) is 0 Å². The highest BCUT2D eigenvalue weighted by Gasteiger charge is 2.23. The van der Waals surface area contributed by atoms with E-state index < -0.39 is 0 Å². The average Bonchev–Trinajstić information content (AvgIpc) is 2.76. The number of nitrogens with one attached hydrogen (secondary N) is 1. The molecule has 0 aliphatic heterocycles. The molecule has 0 saturated heterocycles. The topological polar surface area (TPSA) is 61.6 Å². The van der Waals surface area contributed by atoms with E-state index in [0.29, 0.717) is 11.1 Å². The summed E-state index contributed by atoms with van der Waals surface area (Å²) >= 11 is 0. The molecule has 1 N–H and O–H groups in total. The fourth-order valence-corrected chi connectivity index (χ4v) is 3.11. The van der Waals surface area contributed by atoms with Gasteiger partial charge in [-0.25, -0.2) is 4.79 Å². The lowest BCUT2D eigenvalue weighted by Gasteiger charge is -2.27. The third-order valence-corrected chi connectivity index (χ3v) is 4.22. The SMILES string of the molecule is CC1CCC(n2c(=O)[nH]c3c(C#N)cccc32)CC1. The third-order valence-electron chi connectivity index (χ3n) is 4.22. The summed E-state index contributed by atoms with van der Waals surface area (Å²) in [5.41, 5.74) is 1.99. The van der Waals surface area contributed by atoms with Crippen LogP contribution < -0.4 is 5.69 Å². The minimum absolute atomic E-state index is 0.0859. The van der Waals surface area contributed by atoms with Gasteiger partial charge in [-0.2, -0.15) is 5.26 Å². The predicted molar refractivity (Wildman–Crippen MR) is 73.9 cm³/mol. The fraction of sp³-hybridized carbons (Fsp3) is 0.467. The third kappa shape index (κ3) is 1.95. The maximum Gasteiger partial charge on any atom is 0.326 e. The van der Waals surface area contributed by atoms with Gasteiger partial charge in [0.15, 0.2) is 0 Å². The number of aromatic amines is 1. The summed E-state index contributed by atoms with van der Waals surface area (Å²) in [6.45, 7) is 2.27. The summed E-state index contributed by atoms with van der Waals surface area (Å²) in [4.78, 5) is 15.0. The number of nitrogens with zero attached hydrogens (tertiary/aromatic N) is 2. The molecule has 1 aromatic carbocycles. The van der Waals surface area contributed by atoms with Crippen LogP contribution in [0.1, 0.15) is 44.2 Å². The Balaban J connectivity index is 2.12. The standard InChI is InChI=1S/C15H17N3O/c1-10-5-7-12(8-6-10)18-13-4-2-3-11(9-16)14(13)17-15(18)19/h2-4,10,12H,5-8H2,1H3,(H,17,19). The molecule has 98 valence electrons. The second-order valence-corrected chi connectivity index (χ2v) is 5.53. The first-order chi connectivity index (χ1) is 9.20. The lowest BCUT2D eigenvalue weighted by molar-refractivity contribution is 0.290. The normalized spacial score (nSPS) is 23.4. The Hall–Kier alpha value is -2.02. The number of rotatable bonds is 1. The molecule has 1 fully saturated rings. The van der Waals surface area contributed by atoms with Crippen LogP contribution >= 0.6 is 0 Å². The van der Waals surface area contributed by atoms with Gasteiger partial charge < -0.3 is 4.98 Å². The first-order valence-electron chi connectivity index (χ1n) is 6.84. The molecule has 0 amide bonds. The molecule has 0 bridgehead atoms. The number of imidazole rings is 1. The summed E-state index contributed by atoms with van der Waals surface area (Å²) in [6, 6.07) is 7.91. The van der Waals surface area contributed by atoms with E-state index >= 15 is 0 Å². The van der Waals surface area contributed by atoms with E-state index in [9.17, 15) is 4.79 Å². The Labute approximate surface area is 111 Å². The summed E-state index contributed by atoms with van der Waals surface area (Å²) in [6.07, 6.45) is 4.43. The maximum absolute atomic E-state index is 12.2. The number of nitriles is 1. The molecule has 0 spiro atoms. The molecule has 1 aliphatic carbocycles. The van der Waals surface area contributed by atoms with E-state index in [1.54, 1.807) is 6.07 Å². The van der Waals surface area contributed by atoms with Gasteiger partial charge in [-0.1, -0.05) is 13.0 Å². The Morgan fingerprint density at radius 2 is 2.05 bits per heavy atom. The van der Waals surface area contributed by atoms with Gasteiger partial charge in [-0.3, -0.25) is 4.57 Å². The minimum atomic E-state index is -0.0859. The van der Waals surface area contributed by atoms with Crippen molar-refractivity contribution < 1.29 is 0 Å². The lowest BCUT2D eigenvalue weighted by Crippen LogP contribution is -2.25. The van der Waals surface area contributed by atoms with Crippen LogP contribution in [0.15, 0.2) is 23.0 Å². The van der Waals surface area contributed by atoms with Crippen LogP contribution in [-0.4, -0.2) is 9.55 Å². The first kappa shape index (κ1) is 12.0. The van der Waals surface area contributed by atoms with Crippen molar-refractivity contribution in [3.63, 3.8) is 0 Å². The quantitative estimate of drug-likeness (QED) is 0.851. The summed E-state index contributed by atoms with van der Waals surface area (Å²) in [7, 11) is 0. The van der Waals surface area contributed by atoms with E-state index in [1.165, 1.54) is 12.8 Å². The van der Waals surface area contributed by atoms with Crippen molar-refractivity contribution in [2.45, 2.75) is 38.6 Å². The molecule has 3 rings (SSSR count). The van der Waals surface area contributed by atoms with Crippen LogP contribution in [0.5, 0.6) is 0 Å². The van der Waals surface area contributed by atoms with Gasteiger partial charge in [0.2, 0.25) is 0 Å². The van der Waals surface area contributed by atoms with Crippen molar-refractivity contribution in [1.82, 2.24) is 9.55 Å². The van der Waals surface area contributed by atoms with Crippen molar-refractivity contribution in [3.8, 4) is 6.07 Å². The Morgan fingerprint density at radius 1 is 1.32 bits per heavy atom. The zero-order valence-electron chi connectivity index (χ0n) is 11.0. The molecule has 1 aliphatic rings. The highest BCUT2D eigenvalue weighted by atomic mass is 16.1. The molecular formula is C15H17N3O. The van der Waals surface area contributed by atoms with Crippen LogP contribution in [0.3, 0.4) is 0 Å². The van der Waals surface area contributed by atoms with Crippen LogP contribution in [0, 0.1) is 17.2 Å². The van der Waals surface area contributed by atoms with E-state index in [2.05, 4.69) is 18.0 Å². The van der Waals surface area contributed by atoms with Crippen LogP contribution in [-0.2, 0) is 0 Å². The molecule has 1 heterocycles. The molecule has 19 heavy (non-hydrogen) atoms. The number of H-pyrrole nitrogens is 1. The molecule has 2 aromatic rings. The van der Waals surface area contributed by atoms with Crippen LogP contribution in [0.4, 0.5) is 0 Å². The van der Waals surface area contributed by atoms with Gasteiger partial charge in [0.05, 0.1) is 16.6 Å². The lowest BCUT2D eigenvalue weighted by atomic mass is 9.87. The summed E-state index contributed by atoms with van der Waals surface area (Å²) < 4.78 is 1.85. The number of hydrogen-bond donors (Lipinski definition) is 1. The van der Waals surface area contributed by atoms with Gasteiger partial charge in [0.25, 0.3) is 0 Å². The Morgan fingerprint density at radius 3 is 2.74 bits per heavy atom. The second-order valence-electron chi connectivity index (χ2n) is 5.53. The monoisotopic (exact) mass is 255 g/mol. The zero-order valence-corrected chi connectivity index (χ0v) is 11.0. The number of aromatic nitrogens is 2. The number of benzene rings is 1. The Bertz CT molecular complexity index is 696. The van der Waals surface area contributed by atoms with Crippen LogP contribution in [0.25, 0.3) is 11.0 Å². The van der Waals surface area contributed by atoms with Crippen molar-refractivity contribution in [3.05, 3.63) is 34.2 Å². The van der Waals surface area contributed by atoms with Crippen molar-refractivity contribution >= 4 is 11.0 Å². The minimum Gasteiger partial charge on any atom is -0.304 e. The van der Waals surface area contributed by atoms with Crippen molar-refractivity contribution in [1.29, 1.82) is 5.26 Å². The van der Waals surface area contributed by atoms with E-state index in [-0.39, 0.29) is 11.7 Å². The van der Waals surface area contributed by atoms with Crippen LogP contribution in [0.2, 0.25) is 0 Å². The molecule has 4 nitrogen and oxygen atoms in total. The van der Waals surface area contributed by atoms with Crippen molar-refractivity contribution in [2.75, 3.05) is 0 Å². The zero-order chi connectivity index (χ0) is 13.4. The highest BCUT2D eigenvalue weighted by molar-refractivity contribution is 5.81. The number of hydrogen-bond acceptors (Lipinski definition) is 2.